The molecule has 0 aliphatic carbocycles. The molecule has 13 heavy (non-hydrogen) atoms. The number of anilines is 1. The molecule has 1 aromatic rings. The zero-order valence-electron chi connectivity index (χ0n) is 7.46. The molecular weight excluding hydrogens is 164 g/mol. The van der Waals surface area contributed by atoms with Crippen LogP contribution in [-0.4, -0.2) is 30.8 Å². The maximum atomic E-state index is 4.19. The van der Waals surface area contributed by atoms with Crippen molar-refractivity contribution < 1.29 is 0 Å². The lowest BCUT2D eigenvalue weighted by atomic mass is 10.3. The fourth-order valence-electron chi connectivity index (χ4n) is 1.38. The van der Waals surface area contributed by atoms with Crippen LogP contribution in [0.1, 0.15) is 0 Å². The molecule has 4 heteroatoms. The van der Waals surface area contributed by atoms with Crippen molar-refractivity contribution in [2.75, 3.05) is 25.0 Å². The molecule has 3 N–H and O–H groups in total. The summed E-state index contributed by atoms with van der Waals surface area (Å²) in [5.41, 5.74) is 0. The van der Waals surface area contributed by atoms with Crippen molar-refractivity contribution in [2.45, 2.75) is 6.17 Å². The smallest absolute Gasteiger partial charge is 0.127 e. The Balaban J connectivity index is 1.90. The van der Waals surface area contributed by atoms with Gasteiger partial charge < -0.3 is 10.6 Å². The third kappa shape index (κ3) is 2.40. The maximum Gasteiger partial charge on any atom is 0.127 e. The van der Waals surface area contributed by atoms with Gasteiger partial charge in [-0.1, -0.05) is 6.07 Å². The number of nitrogens with zero attached hydrogens (tertiary/aromatic N) is 1. The summed E-state index contributed by atoms with van der Waals surface area (Å²) in [6.45, 7) is 2.99. The third-order valence-corrected chi connectivity index (χ3v) is 2.03. The van der Waals surface area contributed by atoms with Crippen molar-refractivity contribution >= 4 is 5.82 Å². The first-order valence-electron chi connectivity index (χ1n) is 4.57. The van der Waals surface area contributed by atoms with Gasteiger partial charge in [0.1, 0.15) is 5.82 Å². The van der Waals surface area contributed by atoms with Crippen LogP contribution >= 0.6 is 0 Å². The van der Waals surface area contributed by atoms with E-state index in [1.807, 2.05) is 18.2 Å². The molecule has 0 amide bonds. The van der Waals surface area contributed by atoms with E-state index in [4.69, 9.17) is 0 Å². The summed E-state index contributed by atoms with van der Waals surface area (Å²) in [5.74, 6) is 0.920. The van der Waals surface area contributed by atoms with E-state index in [2.05, 4.69) is 20.9 Å². The quantitative estimate of drug-likeness (QED) is 0.597. The average molecular weight is 178 g/mol. The minimum atomic E-state index is 0.295. The Morgan fingerprint density at radius 3 is 3.08 bits per heavy atom. The summed E-state index contributed by atoms with van der Waals surface area (Å²) in [5, 5.41) is 9.95. The molecule has 1 aromatic heterocycles. The maximum absolute atomic E-state index is 4.19. The lowest BCUT2D eigenvalue weighted by molar-refractivity contribution is 0.449. The van der Waals surface area contributed by atoms with Crippen LogP contribution in [0.5, 0.6) is 0 Å². The second kappa shape index (κ2) is 4.20. The number of hydrogen-bond acceptors (Lipinski definition) is 4. The van der Waals surface area contributed by atoms with Crippen LogP contribution in [0.3, 0.4) is 0 Å². The first kappa shape index (κ1) is 8.47. The Hall–Kier alpha value is -1.13. The van der Waals surface area contributed by atoms with E-state index in [0.29, 0.717) is 6.17 Å². The van der Waals surface area contributed by atoms with E-state index in [-0.39, 0.29) is 0 Å². The molecule has 0 spiro atoms. The molecular formula is C9H14N4. The van der Waals surface area contributed by atoms with Crippen molar-refractivity contribution in [3.63, 3.8) is 0 Å². The molecule has 70 valence electrons. The van der Waals surface area contributed by atoms with Crippen LogP contribution in [0.15, 0.2) is 24.4 Å². The van der Waals surface area contributed by atoms with Gasteiger partial charge in [-0.05, 0) is 12.1 Å². The highest BCUT2D eigenvalue weighted by Gasteiger charge is 2.10. The predicted molar refractivity (Wildman–Crippen MR) is 52.5 cm³/mol. The number of piperazine rings is 1. The van der Waals surface area contributed by atoms with E-state index in [1.165, 1.54) is 0 Å². The molecule has 1 aliphatic heterocycles. The number of nitrogens with one attached hydrogen (secondary N) is 3. The number of rotatable bonds is 2. The lowest BCUT2D eigenvalue weighted by Crippen LogP contribution is -2.52. The fraction of sp³-hybridized carbons (Fsp3) is 0.444. The standard InChI is InChI=1S/C9H14N4/c1-2-4-11-8(3-1)13-9-7-10-5-6-12-9/h1-4,9-10,12H,5-7H2,(H,11,13). The van der Waals surface area contributed by atoms with Gasteiger partial charge in [0.05, 0.1) is 6.17 Å². The highest BCUT2D eigenvalue weighted by molar-refractivity contribution is 5.34. The number of hydrogen-bond donors (Lipinski definition) is 3. The highest BCUT2D eigenvalue weighted by atomic mass is 15.2. The summed E-state index contributed by atoms with van der Waals surface area (Å²) in [4.78, 5) is 4.19. The van der Waals surface area contributed by atoms with Crippen molar-refractivity contribution in [3.8, 4) is 0 Å². The molecule has 1 fully saturated rings. The van der Waals surface area contributed by atoms with Gasteiger partial charge in [0.2, 0.25) is 0 Å². The monoisotopic (exact) mass is 178 g/mol. The summed E-state index contributed by atoms with van der Waals surface area (Å²) in [6, 6.07) is 5.86. The summed E-state index contributed by atoms with van der Waals surface area (Å²) in [6.07, 6.45) is 2.09. The fourth-order valence-corrected chi connectivity index (χ4v) is 1.38. The van der Waals surface area contributed by atoms with Gasteiger partial charge in [0, 0.05) is 25.8 Å². The molecule has 0 saturated carbocycles. The zero-order valence-corrected chi connectivity index (χ0v) is 7.46. The van der Waals surface area contributed by atoms with Gasteiger partial charge in [0.15, 0.2) is 0 Å². The Morgan fingerprint density at radius 1 is 1.38 bits per heavy atom. The minimum absolute atomic E-state index is 0.295. The summed E-state index contributed by atoms with van der Waals surface area (Å²) >= 11 is 0. The van der Waals surface area contributed by atoms with Gasteiger partial charge in [-0.25, -0.2) is 4.98 Å². The SMILES string of the molecule is c1ccc(NC2CNCCN2)nc1. The molecule has 0 aromatic carbocycles. The molecule has 1 unspecified atom stereocenters. The van der Waals surface area contributed by atoms with Gasteiger partial charge in [-0.2, -0.15) is 0 Å². The van der Waals surface area contributed by atoms with E-state index in [9.17, 15) is 0 Å². The Morgan fingerprint density at radius 2 is 2.38 bits per heavy atom. The van der Waals surface area contributed by atoms with Crippen molar-refractivity contribution in [1.82, 2.24) is 15.6 Å². The molecule has 0 bridgehead atoms. The number of pyridine rings is 1. The molecule has 1 aliphatic rings. The van der Waals surface area contributed by atoms with E-state index in [1.54, 1.807) is 6.20 Å². The Labute approximate surface area is 77.8 Å². The van der Waals surface area contributed by atoms with Crippen LogP contribution in [0.4, 0.5) is 5.82 Å². The van der Waals surface area contributed by atoms with Crippen LogP contribution in [0.25, 0.3) is 0 Å². The Kier molecular flexibility index (Phi) is 2.74. The van der Waals surface area contributed by atoms with Crippen LogP contribution in [0, 0.1) is 0 Å². The van der Waals surface area contributed by atoms with Crippen LogP contribution < -0.4 is 16.0 Å². The van der Waals surface area contributed by atoms with Gasteiger partial charge in [0.25, 0.3) is 0 Å². The molecule has 4 nitrogen and oxygen atoms in total. The first-order valence-corrected chi connectivity index (χ1v) is 4.57. The van der Waals surface area contributed by atoms with Crippen LogP contribution in [0.2, 0.25) is 0 Å². The predicted octanol–water partition coefficient (Wildman–Crippen LogP) is 0.0124. The molecule has 2 rings (SSSR count). The van der Waals surface area contributed by atoms with E-state index < -0.39 is 0 Å². The summed E-state index contributed by atoms with van der Waals surface area (Å²) in [7, 11) is 0. The first-order chi connectivity index (χ1) is 6.45. The largest absolute Gasteiger partial charge is 0.354 e. The topological polar surface area (TPSA) is 49.0 Å². The minimum Gasteiger partial charge on any atom is -0.354 e. The van der Waals surface area contributed by atoms with Gasteiger partial charge >= 0.3 is 0 Å². The van der Waals surface area contributed by atoms with Gasteiger partial charge in [-0.3, -0.25) is 5.32 Å². The second-order valence-electron chi connectivity index (χ2n) is 3.07. The van der Waals surface area contributed by atoms with Crippen LogP contribution in [-0.2, 0) is 0 Å². The number of aromatic nitrogens is 1. The van der Waals surface area contributed by atoms with Crippen molar-refractivity contribution in [3.05, 3.63) is 24.4 Å². The highest BCUT2D eigenvalue weighted by Crippen LogP contribution is 2.01. The van der Waals surface area contributed by atoms with Crippen molar-refractivity contribution in [1.29, 1.82) is 0 Å². The Bertz CT molecular complexity index is 243. The normalized spacial score (nSPS) is 22.6. The molecule has 1 saturated heterocycles. The molecule has 1 atom stereocenters. The average Bonchev–Trinajstić information content (AvgIpc) is 2.21. The summed E-state index contributed by atoms with van der Waals surface area (Å²) < 4.78 is 0. The van der Waals surface area contributed by atoms with E-state index >= 15 is 0 Å². The zero-order chi connectivity index (χ0) is 8.93. The van der Waals surface area contributed by atoms with E-state index in [0.717, 1.165) is 25.5 Å². The lowest BCUT2D eigenvalue weighted by Gasteiger charge is -2.25. The third-order valence-electron chi connectivity index (χ3n) is 2.03. The van der Waals surface area contributed by atoms with Crippen molar-refractivity contribution in [2.24, 2.45) is 0 Å². The second-order valence-corrected chi connectivity index (χ2v) is 3.07. The molecule has 0 radical (unpaired) electrons. The molecule has 2 heterocycles. The van der Waals surface area contributed by atoms with Gasteiger partial charge in [-0.15, -0.1) is 0 Å².